The summed E-state index contributed by atoms with van der Waals surface area (Å²) in [4.78, 5) is 23.3. The Balaban J connectivity index is 4.22. The Kier molecular flexibility index (Phi) is 9.46. The third-order valence-corrected chi connectivity index (χ3v) is 3.47. The van der Waals surface area contributed by atoms with Gasteiger partial charge in [0.05, 0.1) is 7.11 Å². The smallest absolute Gasteiger partial charge is 0.408 e. The van der Waals surface area contributed by atoms with Gasteiger partial charge < -0.3 is 14.8 Å². The van der Waals surface area contributed by atoms with Crippen LogP contribution in [0.1, 0.15) is 47.0 Å². The van der Waals surface area contributed by atoms with E-state index in [2.05, 4.69) is 12.2 Å². The average Bonchev–Trinajstić information content (AvgIpc) is 2.34. The van der Waals surface area contributed by atoms with Crippen LogP contribution in [0.15, 0.2) is 0 Å². The number of esters is 1. The van der Waals surface area contributed by atoms with Crippen molar-refractivity contribution in [2.75, 3.05) is 18.6 Å². The maximum Gasteiger partial charge on any atom is 0.408 e. The third kappa shape index (κ3) is 9.95. The number of hydrogen-bond donors (Lipinski definition) is 1. The van der Waals surface area contributed by atoms with E-state index in [0.717, 1.165) is 24.3 Å². The number of thioether (sulfide) groups is 1. The monoisotopic (exact) mass is 305 g/mol. The van der Waals surface area contributed by atoms with Crippen molar-refractivity contribution < 1.29 is 19.1 Å². The number of ether oxygens (including phenoxy) is 2. The van der Waals surface area contributed by atoms with Crippen LogP contribution in [0.4, 0.5) is 4.79 Å². The van der Waals surface area contributed by atoms with E-state index in [-0.39, 0.29) is 0 Å². The number of rotatable bonds is 8. The lowest BCUT2D eigenvalue weighted by Crippen LogP contribution is -2.44. The molecule has 0 spiro atoms. The summed E-state index contributed by atoms with van der Waals surface area (Å²) in [5.74, 6) is 1.43. The Morgan fingerprint density at radius 2 is 1.90 bits per heavy atom. The first-order chi connectivity index (χ1) is 9.30. The van der Waals surface area contributed by atoms with Gasteiger partial charge in [-0.25, -0.2) is 9.59 Å². The minimum absolute atomic E-state index is 0.438. The molecule has 1 amide bonds. The second kappa shape index (κ2) is 9.91. The summed E-state index contributed by atoms with van der Waals surface area (Å²) >= 11 is 1.77. The zero-order valence-corrected chi connectivity index (χ0v) is 14.0. The fraction of sp³-hybridized carbons (Fsp3) is 0.857. The minimum atomic E-state index is -0.649. The van der Waals surface area contributed by atoms with Gasteiger partial charge in [-0.3, -0.25) is 0 Å². The normalized spacial score (nSPS) is 12.7. The second-order valence-electron chi connectivity index (χ2n) is 5.48. The molecule has 0 fully saturated rings. The Morgan fingerprint density at radius 3 is 2.40 bits per heavy atom. The molecule has 1 N–H and O–H groups in total. The highest BCUT2D eigenvalue weighted by molar-refractivity contribution is 7.99. The first-order valence-corrected chi connectivity index (χ1v) is 8.10. The van der Waals surface area contributed by atoms with E-state index in [1.54, 1.807) is 32.5 Å². The molecule has 0 aliphatic heterocycles. The topological polar surface area (TPSA) is 64.6 Å². The van der Waals surface area contributed by atoms with Crippen molar-refractivity contribution in [3.63, 3.8) is 0 Å². The molecule has 0 saturated heterocycles. The van der Waals surface area contributed by atoms with E-state index < -0.39 is 23.7 Å². The van der Waals surface area contributed by atoms with Crippen LogP contribution in [0, 0.1) is 0 Å². The first-order valence-electron chi connectivity index (χ1n) is 6.95. The maximum absolute atomic E-state index is 11.7. The Bertz CT molecular complexity index is 302. The molecule has 0 aromatic heterocycles. The van der Waals surface area contributed by atoms with Gasteiger partial charge in [0.15, 0.2) is 0 Å². The molecule has 0 aromatic rings. The molecule has 118 valence electrons. The summed E-state index contributed by atoms with van der Waals surface area (Å²) in [6.45, 7) is 7.48. The molecular weight excluding hydrogens is 278 g/mol. The summed E-state index contributed by atoms with van der Waals surface area (Å²) in [7, 11) is 1.32. The minimum Gasteiger partial charge on any atom is -0.467 e. The molecular formula is C14H27NO4S. The van der Waals surface area contributed by atoms with Gasteiger partial charge in [0.25, 0.3) is 0 Å². The Labute approximate surface area is 126 Å². The van der Waals surface area contributed by atoms with Crippen LogP contribution in [0.2, 0.25) is 0 Å². The molecule has 0 saturated carbocycles. The van der Waals surface area contributed by atoms with Crippen LogP contribution >= 0.6 is 11.8 Å². The summed E-state index contributed by atoms with van der Waals surface area (Å²) in [5, 5.41) is 2.57. The highest BCUT2D eigenvalue weighted by atomic mass is 32.2. The molecule has 0 radical (unpaired) electrons. The van der Waals surface area contributed by atoms with Gasteiger partial charge in [0, 0.05) is 0 Å². The van der Waals surface area contributed by atoms with Crippen molar-refractivity contribution in [3.05, 3.63) is 0 Å². The van der Waals surface area contributed by atoms with Crippen LogP contribution in [-0.4, -0.2) is 42.3 Å². The summed E-state index contributed by atoms with van der Waals surface area (Å²) < 4.78 is 9.85. The molecule has 0 bridgehead atoms. The van der Waals surface area contributed by atoms with Crippen LogP contribution in [0.25, 0.3) is 0 Å². The number of alkyl carbamates (subject to hydrolysis) is 1. The van der Waals surface area contributed by atoms with E-state index in [0.29, 0.717) is 6.42 Å². The molecule has 0 aliphatic rings. The summed E-state index contributed by atoms with van der Waals surface area (Å²) in [5.41, 5.74) is -0.583. The molecule has 0 aromatic carbocycles. The van der Waals surface area contributed by atoms with Crippen LogP contribution in [-0.2, 0) is 14.3 Å². The first kappa shape index (κ1) is 19.1. The zero-order chi connectivity index (χ0) is 15.6. The van der Waals surface area contributed by atoms with E-state index >= 15 is 0 Å². The quantitative estimate of drug-likeness (QED) is 0.551. The Morgan fingerprint density at radius 1 is 1.25 bits per heavy atom. The number of carbonyl (C=O) groups excluding carboxylic acids is 2. The second-order valence-corrected chi connectivity index (χ2v) is 6.70. The maximum atomic E-state index is 11.7. The van der Waals surface area contributed by atoms with Gasteiger partial charge in [-0.1, -0.05) is 13.3 Å². The van der Waals surface area contributed by atoms with Gasteiger partial charge in [-0.05, 0) is 45.1 Å². The molecule has 0 heterocycles. The van der Waals surface area contributed by atoms with Crippen molar-refractivity contribution >= 4 is 23.8 Å². The average molecular weight is 305 g/mol. The van der Waals surface area contributed by atoms with E-state index in [1.165, 1.54) is 7.11 Å². The highest BCUT2D eigenvalue weighted by Crippen LogP contribution is 2.10. The van der Waals surface area contributed by atoms with Gasteiger partial charge in [-0.2, -0.15) is 11.8 Å². The van der Waals surface area contributed by atoms with Crippen LogP contribution < -0.4 is 5.32 Å². The largest absolute Gasteiger partial charge is 0.467 e. The van der Waals surface area contributed by atoms with Crippen molar-refractivity contribution in [2.24, 2.45) is 0 Å². The SMILES string of the molecule is CCCCSCC[C@H](NC(=O)OC(C)(C)C)C(=O)OC. The van der Waals surface area contributed by atoms with Crippen LogP contribution in [0.3, 0.4) is 0 Å². The summed E-state index contributed by atoms with van der Waals surface area (Å²) in [6, 6.07) is -0.649. The molecule has 0 aliphatic carbocycles. The molecule has 6 heteroatoms. The lowest BCUT2D eigenvalue weighted by atomic mass is 10.2. The number of amides is 1. The number of nitrogens with one attached hydrogen (secondary N) is 1. The number of unbranched alkanes of at least 4 members (excludes halogenated alkanes) is 1. The number of carbonyl (C=O) groups is 2. The third-order valence-electron chi connectivity index (χ3n) is 2.37. The number of hydrogen-bond acceptors (Lipinski definition) is 5. The van der Waals surface area contributed by atoms with Crippen molar-refractivity contribution in [1.82, 2.24) is 5.32 Å². The van der Waals surface area contributed by atoms with Crippen molar-refractivity contribution in [1.29, 1.82) is 0 Å². The summed E-state index contributed by atoms with van der Waals surface area (Å²) in [6.07, 6.45) is 2.27. The molecule has 1 atom stereocenters. The molecule has 20 heavy (non-hydrogen) atoms. The number of methoxy groups -OCH3 is 1. The fourth-order valence-corrected chi connectivity index (χ4v) is 2.49. The molecule has 5 nitrogen and oxygen atoms in total. The predicted molar refractivity (Wildman–Crippen MR) is 82.0 cm³/mol. The van der Waals surface area contributed by atoms with Crippen molar-refractivity contribution in [2.45, 2.75) is 58.6 Å². The van der Waals surface area contributed by atoms with Crippen molar-refractivity contribution in [3.8, 4) is 0 Å². The Hall–Kier alpha value is -0.910. The van der Waals surface area contributed by atoms with Gasteiger partial charge in [0.2, 0.25) is 0 Å². The lowest BCUT2D eigenvalue weighted by molar-refractivity contribution is -0.143. The highest BCUT2D eigenvalue weighted by Gasteiger charge is 2.24. The van der Waals surface area contributed by atoms with Gasteiger partial charge in [0.1, 0.15) is 11.6 Å². The fourth-order valence-electron chi connectivity index (χ4n) is 1.39. The zero-order valence-electron chi connectivity index (χ0n) is 13.2. The molecule has 0 unspecified atom stereocenters. The lowest BCUT2D eigenvalue weighted by Gasteiger charge is -2.22. The van der Waals surface area contributed by atoms with E-state index in [9.17, 15) is 9.59 Å². The standard InChI is InChI=1S/C14H27NO4S/c1-6-7-9-20-10-8-11(12(16)18-5)15-13(17)19-14(2,3)4/h11H,6-10H2,1-5H3,(H,15,17)/t11-/m0/s1. The van der Waals surface area contributed by atoms with E-state index in [1.807, 2.05) is 0 Å². The van der Waals surface area contributed by atoms with Crippen LogP contribution in [0.5, 0.6) is 0 Å². The van der Waals surface area contributed by atoms with Gasteiger partial charge in [-0.15, -0.1) is 0 Å². The van der Waals surface area contributed by atoms with Gasteiger partial charge >= 0.3 is 12.1 Å². The molecule has 0 rings (SSSR count). The predicted octanol–water partition coefficient (Wildman–Crippen LogP) is 2.98. The van der Waals surface area contributed by atoms with E-state index in [4.69, 9.17) is 9.47 Å².